The summed E-state index contributed by atoms with van der Waals surface area (Å²) in [5, 5.41) is 0. The molecule has 110 valence electrons. The highest BCUT2D eigenvalue weighted by Gasteiger charge is 2.12. The maximum absolute atomic E-state index is 13.7. The molecule has 0 atom stereocenters. The molecule has 2 aromatic rings. The normalized spacial score (nSPS) is 10.8. The Bertz CT molecular complexity index is 630. The molecule has 0 saturated carbocycles. The third-order valence-corrected chi connectivity index (χ3v) is 3.09. The van der Waals surface area contributed by atoms with Crippen LogP contribution in [0.1, 0.15) is 11.1 Å². The first-order valence-electron chi connectivity index (χ1n) is 6.63. The molecule has 0 aliphatic rings. The van der Waals surface area contributed by atoms with E-state index >= 15 is 0 Å². The molecule has 0 aromatic heterocycles. The number of amides is 1. The highest BCUT2D eigenvalue weighted by atomic mass is 19.1. The molecule has 4 nitrogen and oxygen atoms in total. The first-order valence-corrected chi connectivity index (χ1v) is 6.63. The number of carbonyl (C=O) groups excluding carboxylic acids is 1. The molecule has 1 amide bonds. The lowest BCUT2D eigenvalue weighted by atomic mass is 10.1. The predicted molar refractivity (Wildman–Crippen MR) is 80.6 cm³/mol. The lowest BCUT2D eigenvalue weighted by molar-refractivity contribution is -0.119. The van der Waals surface area contributed by atoms with Crippen molar-refractivity contribution >= 4 is 11.6 Å². The van der Waals surface area contributed by atoms with Crippen LogP contribution in [0.2, 0.25) is 0 Å². The molecule has 0 heterocycles. The molecular weight excluding hydrogens is 269 g/mol. The predicted octanol–water partition coefficient (Wildman–Crippen LogP) is 1.90. The number of hydrogen-bond donors (Lipinski definition) is 2. The Labute approximate surface area is 123 Å². The Hall–Kier alpha value is -2.40. The number of nitrogen functional groups attached to an aromatic ring is 1. The smallest absolute Gasteiger partial charge is 0.231 e. The summed E-state index contributed by atoms with van der Waals surface area (Å²) in [6.45, 7) is 0.843. The highest BCUT2D eigenvalue weighted by Crippen LogP contribution is 2.14. The van der Waals surface area contributed by atoms with E-state index in [0.717, 1.165) is 5.56 Å². The molecule has 0 radical (unpaired) electrons. The van der Waals surface area contributed by atoms with E-state index in [0.29, 0.717) is 24.3 Å². The largest absolute Gasteiger partial charge is 0.399 e. The Balaban J connectivity index is 2.15. The molecule has 0 saturated heterocycles. The molecule has 21 heavy (non-hydrogen) atoms. The Morgan fingerprint density at radius 3 is 2.52 bits per heavy atom. The minimum absolute atomic E-state index is 0.0587. The number of anilines is 1. The molecular formula is C16H18FN3O. The maximum Gasteiger partial charge on any atom is 0.231 e. The van der Waals surface area contributed by atoms with Crippen molar-refractivity contribution < 1.29 is 9.18 Å². The van der Waals surface area contributed by atoms with Crippen molar-refractivity contribution in [3.8, 4) is 0 Å². The van der Waals surface area contributed by atoms with Gasteiger partial charge in [0.25, 0.3) is 0 Å². The summed E-state index contributed by atoms with van der Waals surface area (Å²) in [5.74, 6) is -0.741. The van der Waals surface area contributed by atoms with Crippen molar-refractivity contribution in [1.29, 1.82) is 0 Å². The summed E-state index contributed by atoms with van der Waals surface area (Å²) >= 11 is 0. The fourth-order valence-corrected chi connectivity index (χ4v) is 2.21. The third kappa shape index (κ3) is 4.57. The number of hydrogen-bond acceptors (Lipinski definition) is 3. The summed E-state index contributed by atoms with van der Waals surface area (Å²) in [7, 11) is 0. The number of nitrogens with two attached hydrogens (primary N) is 2. The van der Waals surface area contributed by atoms with Gasteiger partial charge < -0.3 is 11.5 Å². The number of carbonyl (C=O) groups is 1. The zero-order valence-electron chi connectivity index (χ0n) is 11.6. The number of nitrogens with zero attached hydrogens (tertiary/aromatic N) is 1. The monoisotopic (exact) mass is 287 g/mol. The van der Waals surface area contributed by atoms with Gasteiger partial charge in [0.2, 0.25) is 5.91 Å². The molecule has 4 N–H and O–H groups in total. The van der Waals surface area contributed by atoms with Crippen LogP contribution in [-0.4, -0.2) is 17.4 Å². The van der Waals surface area contributed by atoms with E-state index in [1.807, 2.05) is 18.2 Å². The van der Waals surface area contributed by atoms with Crippen LogP contribution in [-0.2, 0) is 17.9 Å². The van der Waals surface area contributed by atoms with Gasteiger partial charge in [0.05, 0.1) is 6.54 Å². The molecule has 0 aliphatic heterocycles. The van der Waals surface area contributed by atoms with E-state index < -0.39 is 5.91 Å². The van der Waals surface area contributed by atoms with Crippen LogP contribution in [0.5, 0.6) is 0 Å². The van der Waals surface area contributed by atoms with Gasteiger partial charge in [-0.25, -0.2) is 4.39 Å². The van der Waals surface area contributed by atoms with Gasteiger partial charge in [-0.1, -0.05) is 30.3 Å². The summed E-state index contributed by atoms with van der Waals surface area (Å²) in [6.07, 6.45) is 0. The molecule has 2 rings (SSSR count). The molecule has 2 aromatic carbocycles. The van der Waals surface area contributed by atoms with Crippen LogP contribution >= 0.6 is 0 Å². The Morgan fingerprint density at radius 2 is 1.86 bits per heavy atom. The van der Waals surface area contributed by atoms with Crippen molar-refractivity contribution in [2.45, 2.75) is 13.1 Å². The fourth-order valence-electron chi connectivity index (χ4n) is 2.21. The van der Waals surface area contributed by atoms with Gasteiger partial charge in [-0.05, 0) is 23.8 Å². The second-order valence-corrected chi connectivity index (χ2v) is 4.95. The standard InChI is InChI=1S/C16H18FN3O/c17-15-7-2-1-5-13(15)10-20(11-16(19)21)9-12-4-3-6-14(18)8-12/h1-8H,9-11,18H2,(H2,19,21). The van der Waals surface area contributed by atoms with Gasteiger partial charge >= 0.3 is 0 Å². The van der Waals surface area contributed by atoms with Crippen molar-refractivity contribution in [2.24, 2.45) is 5.73 Å². The summed E-state index contributed by atoms with van der Waals surface area (Å²) in [5.41, 5.74) is 13.1. The lowest BCUT2D eigenvalue weighted by Crippen LogP contribution is -2.33. The highest BCUT2D eigenvalue weighted by molar-refractivity contribution is 5.75. The van der Waals surface area contributed by atoms with E-state index in [2.05, 4.69) is 0 Å². The number of rotatable bonds is 6. The fraction of sp³-hybridized carbons (Fsp3) is 0.188. The van der Waals surface area contributed by atoms with E-state index in [-0.39, 0.29) is 12.4 Å². The van der Waals surface area contributed by atoms with Crippen LogP contribution in [0, 0.1) is 5.82 Å². The molecule has 0 fully saturated rings. The molecule has 0 bridgehead atoms. The van der Waals surface area contributed by atoms with Crippen LogP contribution in [0.15, 0.2) is 48.5 Å². The van der Waals surface area contributed by atoms with Gasteiger partial charge in [0, 0.05) is 24.3 Å². The van der Waals surface area contributed by atoms with Crippen LogP contribution in [0.25, 0.3) is 0 Å². The number of halogens is 1. The topological polar surface area (TPSA) is 72.4 Å². The van der Waals surface area contributed by atoms with Crippen LogP contribution < -0.4 is 11.5 Å². The van der Waals surface area contributed by atoms with Gasteiger partial charge in [-0.15, -0.1) is 0 Å². The Kier molecular flexibility index (Phi) is 4.90. The SMILES string of the molecule is NC(=O)CN(Cc1cccc(N)c1)Cc1ccccc1F. The van der Waals surface area contributed by atoms with Gasteiger partial charge in [0.15, 0.2) is 0 Å². The van der Waals surface area contributed by atoms with E-state index in [1.54, 1.807) is 29.2 Å². The molecule has 0 spiro atoms. The van der Waals surface area contributed by atoms with Gasteiger partial charge in [0.1, 0.15) is 5.82 Å². The zero-order chi connectivity index (χ0) is 15.2. The van der Waals surface area contributed by atoms with Gasteiger partial charge in [-0.3, -0.25) is 9.69 Å². The van der Waals surface area contributed by atoms with Crippen LogP contribution in [0.3, 0.4) is 0 Å². The average Bonchev–Trinajstić information content (AvgIpc) is 2.40. The second-order valence-electron chi connectivity index (χ2n) is 4.95. The third-order valence-electron chi connectivity index (χ3n) is 3.09. The lowest BCUT2D eigenvalue weighted by Gasteiger charge is -2.21. The van der Waals surface area contributed by atoms with Crippen molar-refractivity contribution in [3.05, 3.63) is 65.5 Å². The van der Waals surface area contributed by atoms with E-state index in [1.165, 1.54) is 6.07 Å². The van der Waals surface area contributed by atoms with Crippen molar-refractivity contribution in [3.63, 3.8) is 0 Å². The second kappa shape index (κ2) is 6.85. The van der Waals surface area contributed by atoms with Crippen LogP contribution in [0.4, 0.5) is 10.1 Å². The number of benzene rings is 2. The first kappa shape index (κ1) is 15.0. The summed E-state index contributed by atoms with van der Waals surface area (Å²) in [4.78, 5) is 13.0. The molecule has 0 unspecified atom stereocenters. The Morgan fingerprint density at radius 1 is 1.10 bits per heavy atom. The summed E-state index contributed by atoms with van der Waals surface area (Å²) < 4.78 is 13.7. The van der Waals surface area contributed by atoms with E-state index in [4.69, 9.17) is 11.5 Å². The van der Waals surface area contributed by atoms with Crippen molar-refractivity contribution in [2.75, 3.05) is 12.3 Å². The quantitative estimate of drug-likeness (QED) is 0.797. The average molecular weight is 287 g/mol. The maximum atomic E-state index is 13.7. The summed E-state index contributed by atoms with van der Waals surface area (Å²) in [6, 6.07) is 13.9. The zero-order valence-corrected chi connectivity index (χ0v) is 11.6. The minimum Gasteiger partial charge on any atom is -0.399 e. The molecule has 5 heteroatoms. The first-order chi connectivity index (χ1) is 10.0. The number of primary amides is 1. The van der Waals surface area contributed by atoms with Gasteiger partial charge in [-0.2, -0.15) is 0 Å². The van der Waals surface area contributed by atoms with E-state index in [9.17, 15) is 9.18 Å². The van der Waals surface area contributed by atoms with Crippen molar-refractivity contribution in [1.82, 2.24) is 4.90 Å². The molecule has 0 aliphatic carbocycles. The minimum atomic E-state index is -0.449.